The zero-order valence-corrected chi connectivity index (χ0v) is 5.99. The zero-order valence-electron chi connectivity index (χ0n) is 5.17. The highest BCUT2D eigenvalue weighted by atomic mass is 32.1. The van der Waals surface area contributed by atoms with E-state index in [9.17, 15) is 4.79 Å². The molecule has 1 heterocycles. The number of nitrogens with zero attached hydrogens (tertiary/aromatic N) is 1. The first kappa shape index (κ1) is 6.83. The molecular formula is C5H4N2O2S. The highest BCUT2D eigenvalue weighted by molar-refractivity contribution is 7.07. The summed E-state index contributed by atoms with van der Waals surface area (Å²) in [5, 5.41) is 8.72. The van der Waals surface area contributed by atoms with Crippen LogP contribution in [0.1, 0.15) is 5.56 Å². The van der Waals surface area contributed by atoms with Gasteiger partial charge >= 0.3 is 0 Å². The summed E-state index contributed by atoms with van der Waals surface area (Å²) in [6.45, 7) is 0. The third-order valence-corrected chi connectivity index (χ3v) is 1.81. The van der Waals surface area contributed by atoms with Crippen molar-refractivity contribution >= 4 is 11.5 Å². The Bertz CT molecular complexity index is 319. The van der Waals surface area contributed by atoms with E-state index >= 15 is 0 Å². The minimum Gasteiger partial charge on any atom is -0.485 e. The highest BCUT2D eigenvalue weighted by Crippen LogP contribution is 2.16. The maximum absolute atomic E-state index is 10.7. The largest absolute Gasteiger partial charge is 0.485 e. The van der Waals surface area contributed by atoms with Gasteiger partial charge in [0.15, 0.2) is 5.56 Å². The fraction of sp³-hybridized carbons (Fsp3) is 0.200. The minimum atomic E-state index is -0.385. The van der Waals surface area contributed by atoms with Crippen molar-refractivity contribution in [2.45, 2.75) is 0 Å². The van der Waals surface area contributed by atoms with E-state index in [-0.39, 0.29) is 11.1 Å². The van der Waals surface area contributed by atoms with Crippen LogP contribution in [0, 0.1) is 11.3 Å². The lowest BCUT2D eigenvalue weighted by Gasteiger charge is -1.88. The molecule has 0 aliphatic heterocycles. The number of aromatic nitrogens is 1. The van der Waals surface area contributed by atoms with E-state index in [1.165, 1.54) is 7.11 Å². The SMILES string of the molecule is COc1s[nH]c(=O)c1C#N. The van der Waals surface area contributed by atoms with Crippen LogP contribution in [0.2, 0.25) is 0 Å². The van der Waals surface area contributed by atoms with Crippen molar-refractivity contribution in [1.29, 1.82) is 5.26 Å². The van der Waals surface area contributed by atoms with Gasteiger partial charge in [0.25, 0.3) is 5.56 Å². The smallest absolute Gasteiger partial charge is 0.279 e. The molecule has 0 fully saturated rings. The molecule has 0 aliphatic carbocycles. The fourth-order valence-electron chi connectivity index (χ4n) is 0.528. The molecule has 1 N–H and O–H groups in total. The predicted molar refractivity (Wildman–Crippen MR) is 36.2 cm³/mol. The van der Waals surface area contributed by atoms with Gasteiger partial charge in [0.1, 0.15) is 6.07 Å². The van der Waals surface area contributed by atoms with E-state index < -0.39 is 0 Å². The third kappa shape index (κ3) is 0.890. The van der Waals surface area contributed by atoms with Crippen molar-refractivity contribution in [3.05, 3.63) is 15.9 Å². The predicted octanol–water partition coefficient (Wildman–Crippen LogP) is 0.317. The standard InChI is InChI=1S/C5H4N2O2S/c1-9-5-3(2-6)4(8)7-10-5/h1H3,(H,7,8). The first-order chi connectivity index (χ1) is 4.79. The molecule has 0 atom stereocenters. The highest BCUT2D eigenvalue weighted by Gasteiger charge is 2.08. The van der Waals surface area contributed by atoms with Gasteiger partial charge in [-0.2, -0.15) is 5.26 Å². The Hall–Kier alpha value is -1.28. The number of hydrogen-bond donors (Lipinski definition) is 1. The van der Waals surface area contributed by atoms with Crippen molar-refractivity contribution in [2.24, 2.45) is 0 Å². The second kappa shape index (κ2) is 2.54. The van der Waals surface area contributed by atoms with Crippen LogP contribution < -0.4 is 10.3 Å². The summed E-state index contributed by atoms with van der Waals surface area (Å²) >= 11 is 1.02. The Morgan fingerprint density at radius 3 is 2.90 bits per heavy atom. The van der Waals surface area contributed by atoms with Gasteiger partial charge in [0.2, 0.25) is 5.06 Å². The number of methoxy groups -OCH3 is 1. The van der Waals surface area contributed by atoms with Gasteiger partial charge in [-0.3, -0.25) is 9.17 Å². The molecule has 52 valence electrons. The van der Waals surface area contributed by atoms with Crippen LogP contribution >= 0.6 is 11.5 Å². The minimum absolute atomic E-state index is 0.0486. The second-order valence-corrected chi connectivity index (χ2v) is 2.29. The van der Waals surface area contributed by atoms with Crippen molar-refractivity contribution < 1.29 is 4.74 Å². The summed E-state index contributed by atoms with van der Waals surface area (Å²) in [4.78, 5) is 10.7. The van der Waals surface area contributed by atoms with E-state index in [0.29, 0.717) is 5.06 Å². The van der Waals surface area contributed by atoms with Gasteiger partial charge in [0.05, 0.1) is 7.11 Å². The zero-order chi connectivity index (χ0) is 7.56. The van der Waals surface area contributed by atoms with Gasteiger partial charge in [-0.1, -0.05) is 0 Å². The number of nitrogens with one attached hydrogen (secondary N) is 1. The van der Waals surface area contributed by atoms with Gasteiger partial charge < -0.3 is 4.74 Å². The molecule has 10 heavy (non-hydrogen) atoms. The summed E-state index contributed by atoms with van der Waals surface area (Å²) in [6.07, 6.45) is 0. The molecular weight excluding hydrogens is 152 g/mol. The van der Waals surface area contributed by atoms with Crippen molar-refractivity contribution in [3.8, 4) is 11.1 Å². The molecule has 5 heteroatoms. The van der Waals surface area contributed by atoms with Crippen molar-refractivity contribution in [3.63, 3.8) is 0 Å². The van der Waals surface area contributed by atoms with E-state index in [4.69, 9.17) is 10.00 Å². The van der Waals surface area contributed by atoms with Crippen LogP contribution in [0.4, 0.5) is 0 Å². The maximum atomic E-state index is 10.7. The Labute approximate surface area is 60.8 Å². The quantitative estimate of drug-likeness (QED) is 0.636. The average Bonchev–Trinajstić information content (AvgIpc) is 2.30. The number of rotatable bonds is 1. The number of ether oxygens (including phenoxy) is 1. The molecule has 0 aliphatic rings. The molecule has 4 nitrogen and oxygen atoms in total. The summed E-state index contributed by atoms with van der Waals surface area (Å²) in [5.41, 5.74) is -0.336. The topological polar surface area (TPSA) is 65.9 Å². The normalized spacial score (nSPS) is 8.80. The van der Waals surface area contributed by atoms with Crippen LogP contribution in [0.5, 0.6) is 5.06 Å². The van der Waals surface area contributed by atoms with Crippen LogP contribution in [0.25, 0.3) is 0 Å². The first-order valence-corrected chi connectivity index (χ1v) is 3.26. The van der Waals surface area contributed by atoms with Crippen LogP contribution in [0.15, 0.2) is 4.79 Å². The monoisotopic (exact) mass is 156 g/mol. The van der Waals surface area contributed by atoms with Crippen LogP contribution in [-0.2, 0) is 0 Å². The number of H-pyrrole nitrogens is 1. The molecule has 0 bridgehead atoms. The first-order valence-electron chi connectivity index (χ1n) is 2.45. The van der Waals surface area contributed by atoms with Crippen LogP contribution in [-0.4, -0.2) is 11.5 Å². The Kier molecular flexibility index (Phi) is 1.73. The van der Waals surface area contributed by atoms with E-state index in [1.807, 2.05) is 0 Å². The molecule has 0 aromatic carbocycles. The molecule has 0 radical (unpaired) electrons. The van der Waals surface area contributed by atoms with E-state index in [2.05, 4.69) is 4.37 Å². The Morgan fingerprint density at radius 2 is 2.50 bits per heavy atom. The molecule has 0 saturated carbocycles. The molecule has 0 amide bonds. The van der Waals surface area contributed by atoms with Gasteiger partial charge in [-0.05, 0) is 11.5 Å². The van der Waals surface area contributed by atoms with Gasteiger partial charge in [0, 0.05) is 0 Å². The Morgan fingerprint density at radius 1 is 1.80 bits per heavy atom. The average molecular weight is 156 g/mol. The molecule has 0 spiro atoms. The summed E-state index contributed by atoms with van der Waals surface area (Å²) < 4.78 is 7.10. The summed E-state index contributed by atoms with van der Waals surface area (Å²) in [7, 11) is 1.42. The molecule has 1 aromatic rings. The number of nitriles is 1. The van der Waals surface area contributed by atoms with E-state index in [0.717, 1.165) is 11.5 Å². The molecule has 1 aromatic heterocycles. The molecule has 0 unspecified atom stereocenters. The lowest BCUT2D eigenvalue weighted by molar-refractivity contribution is 0.425. The van der Waals surface area contributed by atoms with Crippen molar-refractivity contribution in [2.75, 3.05) is 7.11 Å². The summed E-state index contributed by atoms with van der Waals surface area (Å²) in [5.74, 6) is 0. The van der Waals surface area contributed by atoms with Gasteiger partial charge in [-0.25, -0.2) is 0 Å². The third-order valence-electron chi connectivity index (χ3n) is 0.965. The van der Waals surface area contributed by atoms with E-state index in [1.54, 1.807) is 6.07 Å². The lowest BCUT2D eigenvalue weighted by Crippen LogP contribution is -2.01. The Balaban J connectivity index is 3.30. The van der Waals surface area contributed by atoms with Crippen molar-refractivity contribution in [1.82, 2.24) is 4.37 Å². The maximum Gasteiger partial charge on any atom is 0.279 e. The van der Waals surface area contributed by atoms with Gasteiger partial charge in [-0.15, -0.1) is 0 Å². The number of aromatic amines is 1. The second-order valence-electron chi connectivity index (χ2n) is 1.51. The summed E-state index contributed by atoms with van der Waals surface area (Å²) in [6, 6.07) is 1.74. The van der Waals surface area contributed by atoms with Crippen LogP contribution in [0.3, 0.4) is 0 Å². The molecule has 0 saturated heterocycles. The lowest BCUT2D eigenvalue weighted by atomic mass is 10.4. The fourth-order valence-corrected chi connectivity index (χ4v) is 1.14. The molecule has 1 rings (SSSR count). The number of hydrogen-bond acceptors (Lipinski definition) is 4.